The van der Waals surface area contributed by atoms with E-state index in [0.717, 1.165) is 18.7 Å². The smallest absolute Gasteiger partial charge is 0.264 e. The first kappa shape index (κ1) is 18.9. The van der Waals surface area contributed by atoms with Crippen molar-refractivity contribution in [2.45, 2.75) is 30.8 Å². The molecule has 5 nitrogen and oxygen atoms in total. The van der Waals surface area contributed by atoms with Crippen LogP contribution in [0.3, 0.4) is 0 Å². The molecule has 2 aromatic rings. The van der Waals surface area contributed by atoms with Gasteiger partial charge in [-0.2, -0.15) is 0 Å². The van der Waals surface area contributed by atoms with Crippen LogP contribution in [0.15, 0.2) is 59.5 Å². The Morgan fingerprint density at radius 1 is 1.04 bits per heavy atom. The fourth-order valence-electron chi connectivity index (χ4n) is 3.44. The molecule has 1 aliphatic heterocycles. The summed E-state index contributed by atoms with van der Waals surface area (Å²) < 4.78 is 27.8. The standard InChI is InChI=1S/C20H26N2O3S/c1-17-9-11-20(12-10-17)26(24,25)22(18-7-3-2-4-8-18)16-19(23)15-21-13-5-6-14-21/h2-4,7-12,19,23H,5-6,13-16H2,1H3/p+1/t19-/m0/s1. The highest BCUT2D eigenvalue weighted by Gasteiger charge is 2.29. The lowest BCUT2D eigenvalue weighted by atomic mass is 10.2. The summed E-state index contributed by atoms with van der Waals surface area (Å²) in [5.41, 5.74) is 1.58. The van der Waals surface area contributed by atoms with Gasteiger partial charge in [-0.1, -0.05) is 35.9 Å². The molecular formula is C20H27N2O3S+. The predicted octanol–water partition coefficient (Wildman–Crippen LogP) is 1.23. The normalized spacial score (nSPS) is 16.5. The van der Waals surface area contributed by atoms with Gasteiger partial charge in [0, 0.05) is 12.8 Å². The monoisotopic (exact) mass is 375 g/mol. The van der Waals surface area contributed by atoms with Crippen LogP contribution >= 0.6 is 0 Å². The number of aliphatic hydroxyl groups excluding tert-OH is 1. The van der Waals surface area contributed by atoms with Crippen LogP contribution in [0.4, 0.5) is 5.69 Å². The van der Waals surface area contributed by atoms with Gasteiger partial charge in [-0.25, -0.2) is 8.42 Å². The van der Waals surface area contributed by atoms with Gasteiger partial charge in [-0.15, -0.1) is 0 Å². The van der Waals surface area contributed by atoms with Gasteiger partial charge in [0.15, 0.2) is 0 Å². The Kier molecular flexibility index (Phi) is 5.96. The number of quaternary nitrogens is 1. The summed E-state index contributed by atoms with van der Waals surface area (Å²) in [6.45, 7) is 4.66. The number of benzene rings is 2. The van der Waals surface area contributed by atoms with Crippen molar-refractivity contribution in [3.8, 4) is 0 Å². The van der Waals surface area contributed by atoms with E-state index in [4.69, 9.17) is 0 Å². The molecule has 0 unspecified atom stereocenters. The zero-order chi connectivity index (χ0) is 18.6. The van der Waals surface area contributed by atoms with Crippen molar-refractivity contribution >= 4 is 15.7 Å². The number of rotatable bonds is 7. The Hall–Kier alpha value is -1.89. The van der Waals surface area contributed by atoms with E-state index in [1.165, 1.54) is 22.0 Å². The highest BCUT2D eigenvalue weighted by molar-refractivity contribution is 7.92. The molecular weight excluding hydrogens is 348 g/mol. The number of para-hydroxylation sites is 1. The van der Waals surface area contributed by atoms with Crippen LogP contribution in [0.2, 0.25) is 0 Å². The predicted molar refractivity (Wildman–Crippen MR) is 103 cm³/mol. The van der Waals surface area contributed by atoms with Crippen molar-refractivity contribution in [2.24, 2.45) is 0 Å². The van der Waals surface area contributed by atoms with Gasteiger partial charge in [-0.05, 0) is 31.2 Å². The molecule has 2 aromatic carbocycles. The molecule has 0 radical (unpaired) electrons. The molecule has 0 saturated carbocycles. The van der Waals surface area contributed by atoms with Gasteiger partial charge < -0.3 is 10.0 Å². The fraction of sp³-hybridized carbons (Fsp3) is 0.400. The summed E-state index contributed by atoms with van der Waals surface area (Å²) in [6.07, 6.45) is 1.64. The van der Waals surface area contributed by atoms with Crippen LogP contribution in [0.1, 0.15) is 18.4 Å². The van der Waals surface area contributed by atoms with E-state index in [2.05, 4.69) is 0 Å². The molecule has 0 spiro atoms. The molecule has 140 valence electrons. The summed E-state index contributed by atoms with van der Waals surface area (Å²) in [5, 5.41) is 10.6. The molecule has 26 heavy (non-hydrogen) atoms. The second-order valence-electron chi connectivity index (χ2n) is 7.00. The van der Waals surface area contributed by atoms with Crippen LogP contribution in [-0.2, 0) is 10.0 Å². The number of hydrogen-bond donors (Lipinski definition) is 2. The Labute approximate surface area is 155 Å². The number of sulfonamides is 1. The molecule has 0 amide bonds. The molecule has 1 fully saturated rings. The molecule has 1 aliphatic rings. The van der Waals surface area contributed by atoms with Crippen molar-refractivity contribution < 1.29 is 18.4 Å². The molecule has 2 N–H and O–H groups in total. The summed E-state index contributed by atoms with van der Waals surface area (Å²) in [6, 6.07) is 15.8. The summed E-state index contributed by atoms with van der Waals surface area (Å²) >= 11 is 0. The molecule has 6 heteroatoms. The molecule has 3 rings (SSSR count). The minimum absolute atomic E-state index is 0.0592. The van der Waals surface area contributed by atoms with Gasteiger partial charge in [0.1, 0.15) is 12.6 Å². The molecule has 1 atom stereocenters. The summed E-state index contributed by atoms with van der Waals surface area (Å²) in [4.78, 5) is 1.59. The quantitative estimate of drug-likeness (QED) is 0.765. The lowest BCUT2D eigenvalue weighted by Crippen LogP contribution is -3.11. The number of aliphatic hydroxyl groups is 1. The number of nitrogens with one attached hydrogen (secondary N) is 1. The number of nitrogens with zero attached hydrogens (tertiary/aromatic N) is 1. The maximum absolute atomic E-state index is 13.2. The Balaban J connectivity index is 1.86. The van der Waals surface area contributed by atoms with Crippen molar-refractivity contribution in [3.63, 3.8) is 0 Å². The second kappa shape index (κ2) is 8.20. The van der Waals surface area contributed by atoms with Crippen LogP contribution in [0.25, 0.3) is 0 Å². The Morgan fingerprint density at radius 2 is 1.65 bits per heavy atom. The van der Waals surface area contributed by atoms with E-state index in [0.29, 0.717) is 12.2 Å². The molecule has 0 aliphatic carbocycles. The third-order valence-corrected chi connectivity index (χ3v) is 6.67. The summed E-state index contributed by atoms with van der Waals surface area (Å²) in [5.74, 6) is 0. The maximum atomic E-state index is 13.2. The van der Waals surface area contributed by atoms with Crippen molar-refractivity contribution in [3.05, 3.63) is 60.2 Å². The maximum Gasteiger partial charge on any atom is 0.264 e. The van der Waals surface area contributed by atoms with Crippen molar-refractivity contribution in [2.75, 3.05) is 30.5 Å². The lowest BCUT2D eigenvalue weighted by molar-refractivity contribution is -0.890. The number of anilines is 1. The molecule has 0 aromatic heterocycles. The van der Waals surface area contributed by atoms with E-state index in [1.54, 1.807) is 36.4 Å². The Bertz CT molecular complexity index is 801. The second-order valence-corrected chi connectivity index (χ2v) is 8.86. The van der Waals surface area contributed by atoms with Crippen LogP contribution < -0.4 is 9.21 Å². The minimum atomic E-state index is -3.74. The third kappa shape index (κ3) is 4.44. The van der Waals surface area contributed by atoms with Crippen molar-refractivity contribution in [1.29, 1.82) is 0 Å². The highest BCUT2D eigenvalue weighted by atomic mass is 32.2. The highest BCUT2D eigenvalue weighted by Crippen LogP contribution is 2.24. The lowest BCUT2D eigenvalue weighted by Gasteiger charge is -2.27. The number of aryl methyl sites for hydroxylation is 1. The van der Waals surface area contributed by atoms with E-state index in [-0.39, 0.29) is 11.4 Å². The first-order chi connectivity index (χ1) is 12.5. The van der Waals surface area contributed by atoms with E-state index >= 15 is 0 Å². The van der Waals surface area contributed by atoms with Gasteiger partial charge in [0.2, 0.25) is 0 Å². The fourth-order valence-corrected chi connectivity index (χ4v) is 4.94. The van der Waals surface area contributed by atoms with Crippen LogP contribution in [0, 0.1) is 6.92 Å². The van der Waals surface area contributed by atoms with Crippen molar-refractivity contribution in [1.82, 2.24) is 0 Å². The Morgan fingerprint density at radius 3 is 2.27 bits per heavy atom. The van der Waals surface area contributed by atoms with Gasteiger partial charge >= 0.3 is 0 Å². The van der Waals surface area contributed by atoms with E-state index in [9.17, 15) is 13.5 Å². The minimum Gasteiger partial charge on any atom is -0.385 e. The zero-order valence-electron chi connectivity index (χ0n) is 15.1. The molecule has 1 saturated heterocycles. The SMILES string of the molecule is Cc1ccc(S(=O)(=O)N(C[C@@H](O)C[NH+]2CCCC2)c2ccccc2)cc1. The topological polar surface area (TPSA) is 62.0 Å². The third-order valence-electron chi connectivity index (χ3n) is 4.86. The average Bonchev–Trinajstić information content (AvgIpc) is 3.13. The van der Waals surface area contributed by atoms with E-state index in [1.807, 2.05) is 25.1 Å². The first-order valence-electron chi connectivity index (χ1n) is 9.13. The number of hydrogen-bond acceptors (Lipinski definition) is 3. The summed E-state index contributed by atoms with van der Waals surface area (Å²) in [7, 11) is -3.74. The van der Waals surface area contributed by atoms with Gasteiger partial charge in [-0.3, -0.25) is 4.31 Å². The molecule has 0 bridgehead atoms. The first-order valence-corrected chi connectivity index (χ1v) is 10.6. The van der Waals surface area contributed by atoms with E-state index < -0.39 is 16.1 Å². The average molecular weight is 376 g/mol. The van der Waals surface area contributed by atoms with Crippen LogP contribution in [0.5, 0.6) is 0 Å². The zero-order valence-corrected chi connectivity index (χ0v) is 16.0. The van der Waals surface area contributed by atoms with Crippen LogP contribution in [-0.4, -0.2) is 45.8 Å². The molecule has 1 heterocycles. The number of likely N-dealkylation sites (tertiary alicyclic amines) is 1. The van der Waals surface area contributed by atoms with Gasteiger partial charge in [0.25, 0.3) is 10.0 Å². The van der Waals surface area contributed by atoms with Gasteiger partial charge in [0.05, 0.1) is 30.2 Å². The largest absolute Gasteiger partial charge is 0.385 e.